The quantitative estimate of drug-likeness (QED) is 0.825. The van der Waals surface area contributed by atoms with Crippen molar-refractivity contribution >= 4 is 11.8 Å². The van der Waals surface area contributed by atoms with E-state index in [0.29, 0.717) is 24.2 Å². The number of carbonyl (C=O) groups is 2. The third-order valence-corrected chi connectivity index (χ3v) is 2.96. The monoisotopic (exact) mass is 263 g/mol. The molecule has 0 saturated heterocycles. The highest BCUT2D eigenvalue weighted by atomic mass is 16.2. The highest BCUT2D eigenvalue weighted by molar-refractivity contribution is 5.99. The van der Waals surface area contributed by atoms with Crippen LogP contribution in [-0.2, 0) is 0 Å². The van der Waals surface area contributed by atoms with Crippen LogP contribution in [0.5, 0.6) is 0 Å². The van der Waals surface area contributed by atoms with Gasteiger partial charge in [-0.05, 0) is 30.2 Å². The Labute approximate surface area is 113 Å². The second kappa shape index (κ2) is 5.84. The molecule has 0 saturated carbocycles. The van der Waals surface area contributed by atoms with Crippen molar-refractivity contribution in [3.8, 4) is 0 Å². The molecule has 5 heteroatoms. The molecule has 0 bridgehead atoms. The Hall–Kier alpha value is -1.88. The van der Waals surface area contributed by atoms with Crippen molar-refractivity contribution < 1.29 is 9.59 Å². The molecule has 2 amide bonds. The molecule has 104 valence electrons. The maximum Gasteiger partial charge on any atom is 0.253 e. The van der Waals surface area contributed by atoms with Gasteiger partial charge in [-0.2, -0.15) is 0 Å². The summed E-state index contributed by atoms with van der Waals surface area (Å²) in [7, 11) is 1.72. The van der Waals surface area contributed by atoms with E-state index in [2.05, 4.69) is 0 Å². The molecule has 0 heterocycles. The second-order valence-corrected chi connectivity index (χ2v) is 5.47. The lowest BCUT2D eigenvalue weighted by molar-refractivity contribution is 0.0740. The molecule has 0 aromatic heterocycles. The molecule has 0 aliphatic heterocycles. The number of nitrogens with two attached hydrogens (primary N) is 2. The number of hydrogen-bond acceptors (Lipinski definition) is 3. The molecule has 1 aromatic carbocycles. The fourth-order valence-corrected chi connectivity index (χ4v) is 1.80. The number of rotatable bonds is 5. The number of hydrogen-bond donors (Lipinski definition) is 2. The normalized spacial score (nSPS) is 11.2. The van der Waals surface area contributed by atoms with Gasteiger partial charge in [-0.25, -0.2) is 0 Å². The van der Waals surface area contributed by atoms with Crippen molar-refractivity contribution in [1.29, 1.82) is 0 Å². The predicted octanol–water partition coefficient (Wildman–Crippen LogP) is 0.842. The molecule has 0 unspecified atom stereocenters. The Morgan fingerprint density at radius 2 is 1.84 bits per heavy atom. The topological polar surface area (TPSA) is 89.4 Å². The molecular formula is C14H21N3O2. The van der Waals surface area contributed by atoms with Crippen molar-refractivity contribution in [2.45, 2.75) is 13.8 Å². The minimum Gasteiger partial charge on any atom is -0.366 e. The van der Waals surface area contributed by atoms with E-state index in [4.69, 9.17) is 11.5 Å². The van der Waals surface area contributed by atoms with Gasteiger partial charge < -0.3 is 16.4 Å². The van der Waals surface area contributed by atoms with E-state index in [1.165, 1.54) is 6.07 Å². The van der Waals surface area contributed by atoms with E-state index < -0.39 is 5.91 Å². The molecule has 4 N–H and O–H groups in total. The Morgan fingerprint density at radius 3 is 2.37 bits per heavy atom. The average molecular weight is 263 g/mol. The molecular weight excluding hydrogens is 242 g/mol. The molecule has 19 heavy (non-hydrogen) atoms. The second-order valence-electron chi connectivity index (χ2n) is 5.47. The van der Waals surface area contributed by atoms with Crippen LogP contribution >= 0.6 is 0 Å². The van der Waals surface area contributed by atoms with E-state index in [9.17, 15) is 9.59 Å². The first kappa shape index (κ1) is 15.2. The zero-order chi connectivity index (χ0) is 14.6. The minimum atomic E-state index is -0.542. The number of benzene rings is 1. The van der Waals surface area contributed by atoms with Crippen LogP contribution in [0, 0.1) is 5.41 Å². The standard InChI is InChI=1S/C14H21N3O2/c1-14(2,8-15)9-17(3)13(19)11-6-4-5-10(7-11)12(16)18/h4-7H,8-9,15H2,1-3H3,(H2,16,18). The SMILES string of the molecule is CN(CC(C)(C)CN)C(=O)c1cccc(C(N)=O)c1. The smallest absolute Gasteiger partial charge is 0.253 e. The van der Waals surface area contributed by atoms with Gasteiger partial charge in [-0.15, -0.1) is 0 Å². The summed E-state index contributed by atoms with van der Waals surface area (Å²) in [5.41, 5.74) is 11.5. The molecule has 0 aliphatic carbocycles. The first-order valence-electron chi connectivity index (χ1n) is 6.12. The molecule has 0 radical (unpaired) electrons. The van der Waals surface area contributed by atoms with E-state index in [1.807, 2.05) is 13.8 Å². The molecule has 0 fully saturated rings. The van der Waals surface area contributed by atoms with Crippen LogP contribution in [0.1, 0.15) is 34.6 Å². The first-order valence-corrected chi connectivity index (χ1v) is 6.12. The van der Waals surface area contributed by atoms with E-state index in [1.54, 1.807) is 30.1 Å². The van der Waals surface area contributed by atoms with Crippen LogP contribution in [0.25, 0.3) is 0 Å². The Balaban J connectivity index is 2.88. The molecule has 0 aliphatic rings. The zero-order valence-corrected chi connectivity index (χ0v) is 11.6. The lowest BCUT2D eigenvalue weighted by atomic mass is 9.93. The molecule has 0 atom stereocenters. The lowest BCUT2D eigenvalue weighted by Gasteiger charge is -2.29. The van der Waals surface area contributed by atoms with Crippen LogP contribution < -0.4 is 11.5 Å². The Kier molecular flexibility index (Phi) is 4.67. The Bertz CT molecular complexity index is 483. The first-order chi connectivity index (χ1) is 8.76. The predicted molar refractivity (Wildman–Crippen MR) is 74.8 cm³/mol. The number of primary amides is 1. The fraction of sp³-hybridized carbons (Fsp3) is 0.429. The third kappa shape index (κ3) is 4.06. The summed E-state index contributed by atoms with van der Waals surface area (Å²) in [6, 6.07) is 6.41. The summed E-state index contributed by atoms with van der Waals surface area (Å²) in [4.78, 5) is 25.0. The number of amides is 2. The summed E-state index contributed by atoms with van der Waals surface area (Å²) in [6.07, 6.45) is 0. The van der Waals surface area contributed by atoms with Gasteiger partial charge in [-0.3, -0.25) is 9.59 Å². The molecule has 5 nitrogen and oxygen atoms in total. The zero-order valence-electron chi connectivity index (χ0n) is 11.6. The summed E-state index contributed by atoms with van der Waals surface area (Å²) < 4.78 is 0. The van der Waals surface area contributed by atoms with Gasteiger partial charge in [0, 0.05) is 24.7 Å². The fourth-order valence-electron chi connectivity index (χ4n) is 1.80. The van der Waals surface area contributed by atoms with Gasteiger partial charge in [0.1, 0.15) is 0 Å². The van der Waals surface area contributed by atoms with Crippen LogP contribution in [0.3, 0.4) is 0 Å². The lowest BCUT2D eigenvalue weighted by Crippen LogP contribution is -2.39. The van der Waals surface area contributed by atoms with Gasteiger partial charge >= 0.3 is 0 Å². The summed E-state index contributed by atoms with van der Waals surface area (Å²) in [5, 5.41) is 0. The molecule has 0 spiro atoms. The minimum absolute atomic E-state index is 0.147. The van der Waals surface area contributed by atoms with Gasteiger partial charge in [0.2, 0.25) is 5.91 Å². The van der Waals surface area contributed by atoms with Gasteiger partial charge in [0.05, 0.1) is 0 Å². The van der Waals surface area contributed by atoms with Crippen LogP contribution in [0.15, 0.2) is 24.3 Å². The van der Waals surface area contributed by atoms with Gasteiger partial charge in [-0.1, -0.05) is 19.9 Å². The van der Waals surface area contributed by atoms with E-state index in [-0.39, 0.29) is 11.3 Å². The van der Waals surface area contributed by atoms with Crippen molar-refractivity contribution in [3.63, 3.8) is 0 Å². The number of carbonyl (C=O) groups excluding carboxylic acids is 2. The maximum absolute atomic E-state index is 12.2. The van der Waals surface area contributed by atoms with E-state index >= 15 is 0 Å². The van der Waals surface area contributed by atoms with E-state index in [0.717, 1.165) is 0 Å². The van der Waals surface area contributed by atoms with Crippen molar-refractivity contribution in [2.75, 3.05) is 20.1 Å². The third-order valence-electron chi connectivity index (χ3n) is 2.96. The Morgan fingerprint density at radius 1 is 1.26 bits per heavy atom. The van der Waals surface area contributed by atoms with Crippen LogP contribution in [0.4, 0.5) is 0 Å². The summed E-state index contributed by atoms with van der Waals surface area (Å²) in [6.45, 7) is 5.03. The molecule has 1 aromatic rings. The molecule has 1 rings (SSSR count). The highest BCUT2D eigenvalue weighted by Crippen LogP contribution is 2.16. The van der Waals surface area contributed by atoms with Crippen LogP contribution in [-0.4, -0.2) is 36.9 Å². The van der Waals surface area contributed by atoms with Gasteiger partial charge in [0.25, 0.3) is 5.91 Å². The van der Waals surface area contributed by atoms with Gasteiger partial charge in [0.15, 0.2) is 0 Å². The van der Waals surface area contributed by atoms with Crippen molar-refractivity contribution in [2.24, 2.45) is 16.9 Å². The summed E-state index contributed by atoms with van der Waals surface area (Å²) in [5.74, 6) is -0.691. The maximum atomic E-state index is 12.2. The van der Waals surface area contributed by atoms with Crippen molar-refractivity contribution in [3.05, 3.63) is 35.4 Å². The van der Waals surface area contributed by atoms with Crippen LogP contribution in [0.2, 0.25) is 0 Å². The largest absolute Gasteiger partial charge is 0.366 e. The highest BCUT2D eigenvalue weighted by Gasteiger charge is 2.22. The van der Waals surface area contributed by atoms with Crippen molar-refractivity contribution in [1.82, 2.24) is 4.90 Å². The average Bonchev–Trinajstić information content (AvgIpc) is 2.37. The number of nitrogens with zero attached hydrogens (tertiary/aromatic N) is 1. The summed E-state index contributed by atoms with van der Waals surface area (Å²) >= 11 is 0.